The van der Waals surface area contributed by atoms with Crippen molar-refractivity contribution in [3.63, 3.8) is 0 Å². The fourth-order valence-corrected chi connectivity index (χ4v) is 2.59. The zero-order valence-corrected chi connectivity index (χ0v) is 19.9. The molecule has 0 radical (unpaired) electrons. The van der Waals surface area contributed by atoms with E-state index in [1.54, 1.807) is 24.3 Å². The number of hydrogen-bond acceptors (Lipinski definition) is 4. The predicted octanol–water partition coefficient (Wildman–Crippen LogP) is 5.74. The van der Waals surface area contributed by atoms with E-state index in [1.165, 1.54) is 10.0 Å². The molecule has 0 aliphatic rings. The third-order valence-corrected chi connectivity index (χ3v) is 5.37. The van der Waals surface area contributed by atoms with E-state index >= 15 is 0 Å². The van der Waals surface area contributed by atoms with Crippen LogP contribution in [0.4, 0.5) is 0 Å². The summed E-state index contributed by atoms with van der Waals surface area (Å²) in [6.45, 7) is 15.9. The molecule has 0 aliphatic heterocycles. The van der Waals surface area contributed by atoms with Gasteiger partial charge in [-0.15, -0.1) is 0 Å². The average Bonchev–Trinajstić information content (AvgIpc) is 2.78. The van der Waals surface area contributed by atoms with Gasteiger partial charge in [0.25, 0.3) is 11.8 Å². The predicted molar refractivity (Wildman–Crippen MR) is 125 cm³/mol. The Balaban J connectivity index is 3.32. The molecule has 0 spiro atoms. The van der Waals surface area contributed by atoms with Gasteiger partial charge < -0.3 is 0 Å². The summed E-state index contributed by atoms with van der Waals surface area (Å²) in [5.41, 5.74) is 2.69. The standard InChI is InChI=1S/C24H38N4O2/c1-9-17(5)25-27(19(7)11-3)23(29)21-14-13-15-22(16-21)24(30)28(20(8)12-4)26-18(6)10-2/h13-16,19-20H,9-12H2,1-8H3. The summed E-state index contributed by atoms with van der Waals surface area (Å²) in [5.74, 6) is -0.398. The smallest absolute Gasteiger partial charge is 0.267 e. The molecule has 6 heteroatoms. The molecule has 6 nitrogen and oxygen atoms in total. The van der Waals surface area contributed by atoms with Gasteiger partial charge >= 0.3 is 0 Å². The van der Waals surface area contributed by atoms with Gasteiger partial charge in [0.15, 0.2) is 0 Å². The molecule has 2 atom stereocenters. The van der Waals surface area contributed by atoms with Gasteiger partial charge in [-0.05, 0) is 71.6 Å². The summed E-state index contributed by atoms with van der Waals surface area (Å²) in [6, 6.07) is 6.80. The number of hydrogen-bond donors (Lipinski definition) is 0. The van der Waals surface area contributed by atoms with Crippen molar-refractivity contribution < 1.29 is 9.59 Å². The zero-order valence-electron chi connectivity index (χ0n) is 19.9. The Morgan fingerprint density at radius 1 is 0.800 bits per heavy atom. The van der Waals surface area contributed by atoms with E-state index in [4.69, 9.17) is 0 Å². The van der Waals surface area contributed by atoms with Crippen molar-refractivity contribution in [1.29, 1.82) is 0 Å². The summed E-state index contributed by atoms with van der Waals surface area (Å²) in [7, 11) is 0. The summed E-state index contributed by atoms with van der Waals surface area (Å²) in [4.78, 5) is 26.4. The Bertz CT molecular complexity index is 724. The molecule has 166 valence electrons. The molecule has 2 amide bonds. The molecular weight excluding hydrogens is 376 g/mol. The van der Waals surface area contributed by atoms with Crippen molar-refractivity contribution >= 4 is 23.2 Å². The van der Waals surface area contributed by atoms with E-state index in [0.717, 1.165) is 37.1 Å². The second-order valence-electron chi connectivity index (χ2n) is 7.77. The lowest BCUT2D eigenvalue weighted by Crippen LogP contribution is -2.36. The van der Waals surface area contributed by atoms with Gasteiger partial charge in [-0.2, -0.15) is 10.2 Å². The van der Waals surface area contributed by atoms with Crippen LogP contribution in [0.1, 0.15) is 102 Å². The first-order chi connectivity index (χ1) is 14.2. The minimum absolute atomic E-state index is 0.0354. The van der Waals surface area contributed by atoms with Crippen LogP contribution >= 0.6 is 0 Å². The lowest BCUT2D eigenvalue weighted by molar-refractivity contribution is 0.0692. The van der Waals surface area contributed by atoms with Crippen LogP contribution < -0.4 is 0 Å². The Morgan fingerprint density at radius 3 is 1.47 bits per heavy atom. The summed E-state index contributed by atoms with van der Waals surface area (Å²) in [5, 5.41) is 12.1. The van der Waals surface area contributed by atoms with E-state index in [1.807, 2.05) is 55.4 Å². The van der Waals surface area contributed by atoms with Gasteiger partial charge in [-0.1, -0.05) is 33.8 Å². The molecule has 0 saturated heterocycles. The second kappa shape index (κ2) is 12.3. The zero-order chi connectivity index (χ0) is 22.8. The van der Waals surface area contributed by atoms with Gasteiger partial charge in [0, 0.05) is 22.6 Å². The van der Waals surface area contributed by atoms with Crippen molar-refractivity contribution in [2.75, 3.05) is 0 Å². The quantitative estimate of drug-likeness (QED) is 0.362. The van der Waals surface area contributed by atoms with Crippen molar-refractivity contribution in [1.82, 2.24) is 10.0 Å². The number of carbonyl (C=O) groups is 2. The lowest BCUT2D eigenvalue weighted by Gasteiger charge is -2.26. The molecule has 0 saturated carbocycles. The van der Waals surface area contributed by atoms with Crippen LogP contribution in [-0.4, -0.2) is 45.3 Å². The number of carbonyl (C=O) groups excluding carboxylic acids is 2. The molecule has 1 aromatic rings. The van der Waals surface area contributed by atoms with Crippen LogP contribution in [-0.2, 0) is 0 Å². The first-order valence-electron chi connectivity index (χ1n) is 11.0. The van der Waals surface area contributed by atoms with E-state index in [9.17, 15) is 9.59 Å². The van der Waals surface area contributed by atoms with Crippen molar-refractivity contribution in [2.24, 2.45) is 10.2 Å². The van der Waals surface area contributed by atoms with Crippen LogP contribution in [0.3, 0.4) is 0 Å². The van der Waals surface area contributed by atoms with Gasteiger partial charge in [-0.25, -0.2) is 10.0 Å². The van der Waals surface area contributed by atoms with Crippen molar-refractivity contribution in [3.05, 3.63) is 35.4 Å². The van der Waals surface area contributed by atoms with Gasteiger partial charge in [0.05, 0.1) is 12.1 Å². The molecule has 30 heavy (non-hydrogen) atoms. The number of hydrazone groups is 2. The minimum Gasteiger partial charge on any atom is -0.267 e. The van der Waals surface area contributed by atoms with E-state index in [2.05, 4.69) is 10.2 Å². The summed E-state index contributed by atoms with van der Waals surface area (Å²) < 4.78 is 0. The van der Waals surface area contributed by atoms with Crippen LogP contribution in [0.5, 0.6) is 0 Å². The molecule has 0 bridgehead atoms. The average molecular weight is 415 g/mol. The van der Waals surface area contributed by atoms with E-state index < -0.39 is 0 Å². The fraction of sp³-hybridized carbons (Fsp3) is 0.583. The van der Waals surface area contributed by atoms with Crippen LogP contribution in [0.15, 0.2) is 34.5 Å². The Morgan fingerprint density at radius 2 is 1.17 bits per heavy atom. The van der Waals surface area contributed by atoms with Crippen LogP contribution in [0, 0.1) is 0 Å². The normalized spacial score (nSPS) is 14.3. The maximum absolute atomic E-state index is 13.2. The number of rotatable bonds is 10. The van der Waals surface area contributed by atoms with Gasteiger partial charge in [-0.3, -0.25) is 9.59 Å². The SMILES string of the molecule is CCC(C)=NN(C(=O)c1cccc(C(=O)N(N=C(C)CC)C(C)CC)c1)C(C)CC. The highest BCUT2D eigenvalue weighted by Crippen LogP contribution is 2.17. The van der Waals surface area contributed by atoms with Crippen LogP contribution in [0.25, 0.3) is 0 Å². The largest absolute Gasteiger partial charge is 0.274 e. The van der Waals surface area contributed by atoms with E-state index in [-0.39, 0.29) is 23.9 Å². The third-order valence-electron chi connectivity index (χ3n) is 5.37. The maximum atomic E-state index is 13.2. The monoisotopic (exact) mass is 414 g/mol. The lowest BCUT2D eigenvalue weighted by atomic mass is 10.1. The van der Waals surface area contributed by atoms with Crippen molar-refractivity contribution in [3.8, 4) is 0 Å². The van der Waals surface area contributed by atoms with E-state index in [0.29, 0.717) is 11.1 Å². The summed E-state index contributed by atoms with van der Waals surface area (Å²) >= 11 is 0. The number of benzene rings is 1. The maximum Gasteiger partial charge on any atom is 0.274 e. The first-order valence-corrected chi connectivity index (χ1v) is 11.0. The van der Waals surface area contributed by atoms with Gasteiger partial charge in [0.2, 0.25) is 0 Å². The van der Waals surface area contributed by atoms with Crippen LogP contribution in [0.2, 0.25) is 0 Å². The highest BCUT2D eigenvalue weighted by molar-refractivity contribution is 6.00. The topological polar surface area (TPSA) is 65.3 Å². The number of nitrogens with zero attached hydrogens (tertiary/aromatic N) is 4. The summed E-state index contributed by atoms with van der Waals surface area (Å²) in [6.07, 6.45) is 3.13. The molecular formula is C24H38N4O2. The second-order valence-corrected chi connectivity index (χ2v) is 7.77. The molecule has 0 aliphatic carbocycles. The Hall–Kier alpha value is -2.50. The van der Waals surface area contributed by atoms with Gasteiger partial charge in [0.1, 0.15) is 0 Å². The molecule has 0 heterocycles. The Kier molecular flexibility index (Phi) is 10.4. The highest BCUT2D eigenvalue weighted by atomic mass is 16.2. The molecule has 0 fully saturated rings. The molecule has 1 rings (SSSR count). The van der Waals surface area contributed by atoms with Crippen molar-refractivity contribution in [2.45, 2.75) is 93.2 Å². The molecule has 1 aromatic carbocycles. The minimum atomic E-state index is -0.199. The molecule has 0 aromatic heterocycles. The third kappa shape index (κ3) is 6.78. The molecule has 0 N–H and O–H groups in total. The highest BCUT2D eigenvalue weighted by Gasteiger charge is 2.24. The fourth-order valence-electron chi connectivity index (χ4n) is 2.59. The number of amides is 2. The first kappa shape index (κ1) is 25.5. The molecule has 2 unspecified atom stereocenters. The Labute approximate surface area is 182 Å².